The fourth-order valence-corrected chi connectivity index (χ4v) is 2.64. The summed E-state index contributed by atoms with van der Waals surface area (Å²) in [7, 11) is 0. The first-order valence-electron chi connectivity index (χ1n) is 6.57. The van der Waals surface area contributed by atoms with E-state index in [4.69, 9.17) is 5.73 Å². The summed E-state index contributed by atoms with van der Waals surface area (Å²) < 4.78 is 2.14. The molecule has 4 nitrogen and oxygen atoms in total. The molecule has 0 unspecified atom stereocenters. The van der Waals surface area contributed by atoms with Crippen LogP contribution in [-0.2, 0) is 17.9 Å². The molecule has 0 aliphatic carbocycles. The standard InChI is InChI=1S/C15H19N3OS/c1-2-18-8-7-12(10-18)9-17-13-5-3-4-6-14(13)20-11-15(16)19/h3-8,10,17H,2,9,11H2,1H3,(H2,16,19). The van der Waals surface area contributed by atoms with Crippen molar-refractivity contribution in [3.63, 3.8) is 0 Å². The van der Waals surface area contributed by atoms with Gasteiger partial charge in [0, 0.05) is 36.1 Å². The summed E-state index contributed by atoms with van der Waals surface area (Å²) in [5.74, 6) is -0.00455. The number of nitrogens with one attached hydrogen (secondary N) is 1. The Kier molecular flexibility index (Phi) is 5.12. The van der Waals surface area contributed by atoms with E-state index in [0.29, 0.717) is 5.75 Å². The van der Waals surface area contributed by atoms with Crippen molar-refractivity contribution < 1.29 is 4.79 Å². The summed E-state index contributed by atoms with van der Waals surface area (Å²) in [6.07, 6.45) is 4.21. The fraction of sp³-hybridized carbons (Fsp3) is 0.267. The van der Waals surface area contributed by atoms with Gasteiger partial charge in [0.25, 0.3) is 0 Å². The molecule has 0 aliphatic rings. The predicted molar refractivity (Wildman–Crippen MR) is 83.8 cm³/mol. The largest absolute Gasteiger partial charge is 0.380 e. The van der Waals surface area contributed by atoms with Gasteiger partial charge < -0.3 is 15.6 Å². The number of hydrogen-bond acceptors (Lipinski definition) is 3. The molecule has 2 rings (SSSR count). The highest BCUT2D eigenvalue weighted by molar-refractivity contribution is 8.00. The number of anilines is 1. The van der Waals surface area contributed by atoms with E-state index in [1.807, 2.05) is 24.3 Å². The maximum atomic E-state index is 10.9. The average Bonchev–Trinajstić information content (AvgIpc) is 2.91. The third-order valence-electron chi connectivity index (χ3n) is 2.92. The second kappa shape index (κ2) is 7.05. The molecule has 0 saturated carbocycles. The summed E-state index contributed by atoms with van der Waals surface area (Å²) in [6, 6.07) is 10.1. The molecule has 0 saturated heterocycles. The Labute approximate surface area is 123 Å². The van der Waals surface area contributed by atoms with Crippen LogP contribution in [0, 0.1) is 0 Å². The fourth-order valence-electron chi connectivity index (χ4n) is 1.88. The van der Waals surface area contributed by atoms with Crippen LogP contribution in [0.5, 0.6) is 0 Å². The molecule has 2 aromatic rings. The lowest BCUT2D eigenvalue weighted by Crippen LogP contribution is -2.13. The Morgan fingerprint density at radius 3 is 2.85 bits per heavy atom. The van der Waals surface area contributed by atoms with Crippen LogP contribution < -0.4 is 11.1 Å². The second-order valence-electron chi connectivity index (χ2n) is 4.45. The summed E-state index contributed by atoms with van der Waals surface area (Å²) in [5, 5.41) is 3.40. The number of nitrogens with two attached hydrogens (primary N) is 1. The van der Waals surface area contributed by atoms with Gasteiger partial charge in [0.1, 0.15) is 0 Å². The molecule has 1 amide bonds. The van der Waals surface area contributed by atoms with Gasteiger partial charge in [0.2, 0.25) is 5.91 Å². The summed E-state index contributed by atoms with van der Waals surface area (Å²) in [4.78, 5) is 11.9. The zero-order valence-electron chi connectivity index (χ0n) is 11.5. The monoisotopic (exact) mass is 289 g/mol. The number of benzene rings is 1. The minimum absolute atomic E-state index is 0.297. The van der Waals surface area contributed by atoms with E-state index in [9.17, 15) is 4.79 Å². The number of thioether (sulfide) groups is 1. The number of para-hydroxylation sites is 1. The normalized spacial score (nSPS) is 10.4. The Hall–Kier alpha value is -1.88. The lowest BCUT2D eigenvalue weighted by atomic mass is 10.3. The summed E-state index contributed by atoms with van der Waals surface area (Å²) in [6.45, 7) is 3.86. The van der Waals surface area contributed by atoms with Crippen LogP contribution in [0.3, 0.4) is 0 Å². The van der Waals surface area contributed by atoms with Crippen molar-refractivity contribution in [3.8, 4) is 0 Å². The average molecular weight is 289 g/mol. The van der Waals surface area contributed by atoms with Gasteiger partial charge in [-0.25, -0.2) is 0 Å². The third-order valence-corrected chi connectivity index (χ3v) is 4.01. The predicted octanol–water partition coefficient (Wildman–Crippen LogP) is 2.70. The molecule has 3 N–H and O–H groups in total. The van der Waals surface area contributed by atoms with Crippen LogP contribution in [-0.4, -0.2) is 16.2 Å². The number of aryl methyl sites for hydroxylation is 1. The van der Waals surface area contributed by atoms with Crippen LogP contribution in [0.2, 0.25) is 0 Å². The second-order valence-corrected chi connectivity index (χ2v) is 5.47. The number of nitrogens with zero attached hydrogens (tertiary/aromatic N) is 1. The third kappa shape index (κ3) is 4.06. The molecule has 5 heteroatoms. The highest BCUT2D eigenvalue weighted by Crippen LogP contribution is 2.27. The van der Waals surface area contributed by atoms with Crippen LogP contribution in [0.4, 0.5) is 5.69 Å². The van der Waals surface area contributed by atoms with Crippen molar-refractivity contribution in [3.05, 3.63) is 48.3 Å². The number of hydrogen-bond donors (Lipinski definition) is 2. The minimum atomic E-state index is -0.301. The number of carbonyl (C=O) groups is 1. The van der Waals surface area contributed by atoms with E-state index in [-0.39, 0.29) is 5.91 Å². The molecular formula is C15H19N3OS. The van der Waals surface area contributed by atoms with E-state index in [1.165, 1.54) is 17.3 Å². The zero-order chi connectivity index (χ0) is 14.4. The van der Waals surface area contributed by atoms with Crippen LogP contribution in [0.15, 0.2) is 47.6 Å². The van der Waals surface area contributed by atoms with Gasteiger partial charge >= 0.3 is 0 Å². The van der Waals surface area contributed by atoms with E-state index < -0.39 is 0 Å². The Balaban J connectivity index is 1.99. The zero-order valence-corrected chi connectivity index (χ0v) is 12.3. The molecule has 1 heterocycles. The highest BCUT2D eigenvalue weighted by atomic mass is 32.2. The van der Waals surface area contributed by atoms with Gasteiger partial charge in [-0.05, 0) is 30.7 Å². The van der Waals surface area contributed by atoms with Crippen molar-refractivity contribution in [2.24, 2.45) is 5.73 Å². The number of amides is 1. The lowest BCUT2D eigenvalue weighted by Gasteiger charge is -2.10. The van der Waals surface area contributed by atoms with Gasteiger partial charge in [-0.3, -0.25) is 4.79 Å². The molecule has 0 fully saturated rings. The van der Waals surface area contributed by atoms with E-state index in [0.717, 1.165) is 23.7 Å². The first-order chi connectivity index (χ1) is 9.69. The molecular weight excluding hydrogens is 270 g/mol. The van der Waals surface area contributed by atoms with Gasteiger partial charge in [0.05, 0.1) is 5.75 Å². The van der Waals surface area contributed by atoms with Crippen LogP contribution in [0.1, 0.15) is 12.5 Å². The van der Waals surface area contributed by atoms with Crippen molar-refractivity contribution in [2.75, 3.05) is 11.1 Å². The Bertz CT molecular complexity index is 580. The smallest absolute Gasteiger partial charge is 0.227 e. The van der Waals surface area contributed by atoms with Crippen molar-refractivity contribution >= 4 is 23.4 Å². The van der Waals surface area contributed by atoms with Gasteiger partial charge in [-0.15, -0.1) is 11.8 Å². The Morgan fingerprint density at radius 1 is 1.35 bits per heavy atom. The number of rotatable bonds is 7. The van der Waals surface area contributed by atoms with E-state index >= 15 is 0 Å². The maximum Gasteiger partial charge on any atom is 0.227 e. The molecule has 0 spiro atoms. The van der Waals surface area contributed by atoms with E-state index in [2.05, 4.69) is 35.3 Å². The molecule has 106 valence electrons. The highest BCUT2D eigenvalue weighted by Gasteiger charge is 2.04. The SMILES string of the molecule is CCn1ccc(CNc2ccccc2SCC(N)=O)c1. The molecule has 1 aromatic carbocycles. The Morgan fingerprint density at radius 2 is 2.15 bits per heavy atom. The first kappa shape index (κ1) is 14.5. The molecule has 0 aliphatic heterocycles. The van der Waals surface area contributed by atoms with E-state index in [1.54, 1.807) is 0 Å². The number of aromatic nitrogens is 1. The first-order valence-corrected chi connectivity index (χ1v) is 7.56. The van der Waals surface area contributed by atoms with Gasteiger partial charge in [-0.2, -0.15) is 0 Å². The lowest BCUT2D eigenvalue weighted by molar-refractivity contribution is -0.115. The van der Waals surface area contributed by atoms with Gasteiger partial charge in [0.15, 0.2) is 0 Å². The number of carbonyl (C=O) groups excluding carboxylic acids is 1. The summed E-state index contributed by atoms with van der Waals surface area (Å²) in [5.41, 5.74) is 7.46. The van der Waals surface area contributed by atoms with Gasteiger partial charge in [-0.1, -0.05) is 12.1 Å². The molecule has 0 atom stereocenters. The maximum absolute atomic E-state index is 10.9. The molecule has 0 radical (unpaired) electrons. The summed E-state index contributed by atoms with van der Waals surface area (Å²) >= 11 is 1.46. The van der Waals surface area contributed by atoms with Crippen LogP contribution >= 0.6 is 11.8 Å². The minimum Gasteiger partial charge on any atom is -0.380 e. The van der Waals surface area contributed by atoms with Crippen molar-refractivity contribution in [2.45, 2.75) is 24.9 Å². The van der Waals surface area contributed by atoms with Crippen LogP contribution in [0.25, 0.3) is 0 Å². The number of primary amides is 1. The molecule has 1 aromatic heterocycles. The van der Waals surface area contributed by atoms with Crippen molar-refractivity contribution in [1.29, 1.82) is 0 Å². The molecule has 20 heavy (non-hydrogen) atoms. The molecule has 0 bridgehead atoms. The van der Waals surface area contributed by atoms with Crippen molar-refractivity contribution in [1.82, 2.24) is 4.57 Å². The topological polar surface area (TPSA) is 60.1 Å². The quantitative estimate of drug-likeness (QED) is 0.770.